The first kappa shape index (κ1) is 13.3. The number of aryl methyl sites for hydroxylation is 2. The van der Waals surface area contributed by atoms with Crippen LogP contribution in [-0.4, -0.2) is 19.9 Å². The minimum Gasteiger partial charge on any atom is -0.388 e. The molecule has 1 atom stereocenters. The zero-order valence-electron chi connectivity index (χ0n) is 10.1. The van der Waals surface area contributed by atoms with Gasteiger partial charge in [-0.15, -0.1) is 0 Å². The third-order valence-corrected chi connectivity index (χ3v) is 3.50. The van der Waals surface area contributed by atoms with Crippen LogP contribution in [0.15, 0.2) is 18.3 Å². The third-order valence-electron chi connectivity index (χ3n) is 2.78. The number of rotatable bonds is 3. The first-order valence-electron chi connectivity index (χ1n) is 5.46. The van der Waals surface area contributed by atoms with E-state index < -0.39 is 6.10 Å². The largest absolute Gasteiger partial charge is 0.388 e. The molecule has 4 nitrogen and oxygen atoms in total. The number of aromatic nitrogens is 3. The zero-order valence-corrected chi connectivity index (χ0v) is 11.6. The molecule has 2 heterocycles. The Hall–Kier alpha value is -1.10. The molecule has 96 valence electrons. The van der Waals surface area contributed by atoms with Crippen LogP contribution in [0.2, 0.25) is 10.2 Å². The summed E-state index contributed by atoms with van der Waals surface area (Å²) in [6.45, 7) is 1.84. The van der Waals surface area contributed by atoms with E-state index in [0.29, 0.717) is 22.2 Å². The van der Waals surface area contributed by atoms with E-state index in [1.807, 2.05) is 6.92 Å². The quantitative estimate of drug-likeness (QED) is 0.883. The van der Waals surface area contributed by atoms with Crippen molar-refractivity contribution in [1.29, 1.82) is 0 Å². The highest BCUT2D eigenvalue weighted by Crippen LogP contribution is 2.25. The first-order chi connectivity index (χ1) is 8.49. The monoisotopic (exact) mass is 285 g/mol. The fraction of sp³-hybridized carbons (Fsp3) is 0.333. The van der Waals surface area contributed by atoms with Crippen molar-refractivity contribution >= 4 is 23.2 Å². The van der Waals surface area contributed by atoms with Crippen molar-refractivity contribution in [2.45, 2.75) is 19.4 Å². The van der Waals surface area contributed by atoms with Gasteiger partial charge in [0.1, 0.15) is 5.15 Å². The van der Waals surface area contributed by atoms with Gasteiger partial charge in [0.25, 0.3) is 0 Å². The second-order valence-electron chi connectivity index (χ2n) is 4.10. The van der Waals surface area contributed by atoms with E-state index in [0.717, 1.165) is 11.4 Å². The Bertz CT molecular complexity index is 551. The smallest absolute Gasteiger partial charge is 0.129 e. The third kappa shape index (κ3) is 2.66. The van der Waals surface area contributed by atoms with Crippen LogP contribution < -0.4 is 0 Å². The standard InChI is InChI=1S/C12H13Cl2N3O/c1-7-12(14)9(17(2)16-7)5-10(18)8-3-4-11(13)15-6-8/h3-4,6,10,18H,5H2,1-2H3. The molecule has 0 saturated carbocycles. The van der Waals surface area contributed by atoms with Crippen molar-refractivity contribution in [2.75, 3.05) is 0 Å². The fourth-order valence-electron chi connectivity index (χ4n) is 1.79. The average molecular weight is 286 g/mol. The number of aliphatic hydroxyl groups is 1. The molecule has 0 aliphatic heterocycles. The molecule has 0 aromatic carbocycles. The van der Waals surface area contributed by atoms with Gasteiger partial charge in [-0.1, -0.05) is 29.3 Å². The van der Waals surface area contributed by atoms with E-state index in [1.54, 1.807) is 30.1 Å². The van der Waals surface area contributed by atoms with Gasteiger partial charge in [0.15, 0.2) is 0 Å². The predicted octanol–water partition coefficient (Wildman–Crippen LogP) is 2.71. The summed E-state index contributed by atoms with van der Waals surface area (Å²) in [5.74, 6) is 0. The molecule has 6 heteroatoms. The number of aliphatic hydroxyl groups excluding tert-OH is 1. The van der Waals surface area contributed by atoms with Gasteiger partial charge in [-0.05, 0) is 18.6 Å². The molecule has 0 aliphatic carbocycles. The highest BCUT2D eigenvalue weighted by Gasteiger charge is 2.16. The second kappa shape index (κ2) is 5.26. The lowest BCUT2D eigenvalue weighted by molar-refractivity contribution is 0.175. The molecule has 0 saturated heterocycles. The van der Waals surface area contributed by atoms with Crippen LogP contribution >= 0.6 is 23.2 Å². The summed E-state index contributed by atoms with van der Waals surface area (Å²) in [5, 5.41) is 15.3. The summed E-state index contributed by atoms with van der Waals surface area (Å²) in [5.41, 5.74) is 2.27. The van der Waals surface area contributed by atoms with E-state index >= 15 is 0 Å². The number of hydrogen-bond donors (Lipinski definition) is 1. The van der Waals surface area contributed by atoms with Gasteiger partial charge in [0.05, 0.1) is 22.5 Å². The minimum absolute atomic E-state index is 0.388. The van der Waals surface area contributed by atoms with Crippen LogP contribution in [0.3, 0.4) is 0 Å². The Morgan fingerprint density at radius 1 is 1.39 bits per heavy atom. The van der Waals surface area contributed by atoms with Crippen molar-refractivity contribution in [3.63, 3.8) is 0 Å². The van der Waals surface area contributed by atoms with E-state index in [1.165, 1.54) is 0 Å². The lowest BCUT2D eigenvalue weighted by atomic mass is 10.1. The summed E-state index contributed by atoms with van der Waals surface area (Å²) in [6, 6.07) is 3.40. The van der Waals surface area contributed by atoms with Crippen molar-refractivity contribution < 1.29 is 5.11 Å². The SMILES string of the molecule is Cc1nn(C)c(CC(O)c2ccc(Cl)nc2)c1Cl. The number of hydrogen-bond acceptors (Lipinski definition) is 3. The van der Waals surface area contributed by atoms with E-state index in [9.17, 15) is 5.11 Å². The fourth-order valence-corrected chi connectivity index (χ4v) is 2.14. The Morgan fingerprint density at radius 3 is 2.61 bits per heavy atom. The molecule has 0 fully saturated rings. The molecule has 0 amide bonds. The van der Waals surface area contributed by atoms with Gasteiger partial charge in [-0.3, -0.25) is 4.68 Å². The molecule has 0 radical (unpaired) electrons. The van der Waals surface area contributed by atoms with Crippen LogP contribution in [0.25, 0.3) is 0 Å². The maximum atomic E-state index is 10.1. The Labute approximate surface area is 115 Å². The van der Waals surface area contributed by atoms with Crippen molar-refractivity contribution in [2.24, 2.45) is 7.05 Å². The molecule has 18 heavy (non-hydrogen) atoms. The number of pyridine rings is 1. The van der Waals surface area contributed by atoms with Crippen molar-refractivity contribution in [3.05, 3.63) is 45.5 Å². The molecule has 2 aromatic rings. The van der Waals surface area contributed by atoms with Crippen molar-refractivity contribution in [3.8, 4) is 0 Å². The summed E-state index contributed by atoms with van der Waals surface area (Å²) in [7, 11) is 1.81. The van der Waals surface area contributed by atoms with Gasteiger partial charge in [-0.2, -0.15) is 5.10 Å². The van der Waals surface area contributed by atoms with Gasteiger partial charge in [-0.25, -0.2) is 4.98 Å². The molecule has 1 N–H and O–H groups in total. The minimum atomic E-state index is -0.679. The van der Waals surface area contributed by atoms with Crippen LogP contribution in [0.4, 0.5) is 0 Å². The zero-order chi connectivity index (χ0) is 13.3. The summed E-state index contributed by atoms with van der Waals surface area (Å²) < 4.78 is 1.68. The Morgan fingerprint density at radius 2 is 2.11 bits per heavy atom. The molecule has 2 aromatic heterocycles. The Balaban J connectivity index is 2.21. The molecule has 2 rings (SSSR count). The predicted molar refractivity (Wildman–Crippen MR) is 70.9 cm³/mol. The molecule has 0 bridgehead atoms. The molecule has 0 spiro atoms. The highest BCUT2D eigenvalue weighted by atomic mass is 35.5. The normalized spacial score (nSPS) is 12.7. The number of halogens is 2. The molecular weight excluding hydrogens is 273 g/mol. The highest BCUT2D eigenvalue weighted by molar-refractivity contribution is 6.31. The summed E-state index contributed by atoms with van der Waals surface area (Å²) >= 11 is 11.8. The topological polar surface area (TPSA) is 50.9 Å². The van der Waals surface area contributed by atoms with Crippen LogP contribution in [0.1, 0.15) is 23.1 Å². The van der Waals surface area contributed by atoms with Gasteiger partial charge >= 0.3 is 0 Å². The van der Waals surface area contributed by atoms with E-state index in [4.69, 9.17) is 23.2 Å². The van der Waals surface area contributed by atoms with E-state index in [2.05, 4.69) is 10.1 Å². The van der Waals surface area contributed by atoms with Gasteiger partial charge < -0.3 is 5.11 Å². The van der Waals surface area contributed by atoms with Crippen LogP contribution in [-0.2, 0) is 13.5 Å². The van der Waals surface area contributed by atoms with Gasteiger partial charge in [0.2, 0.25) is 0 Å². The second-order valence-corrected chi connectivity index (χ2v) is 4.87. The Kier molecular flexibility index (Phi) is 3.90. The van der Waals surface area contributed by atoms with E-state index in [-0.39, 0.29) is 0 Å². The van der Waals surface area contributed by atoms with Gasteiger partial charge in [0, 0.05) is 19.7 Å². The average Bonchev–Trinajstić information content (AvgIpc) is 2.57. The molecular formula is C12H13Cl2N3O. The van der Waals surface area contributed by atoms with Crippen molar-refractivity contribution in [1.82, 2.24) is 14.8 Å². The maximum Gasteiger partial charge on any atom is 0.129 e. The van der Waals surface area contributed by atoms with Crippen LogP contribution in [0.5, 0.6) is 0 Å². The molecule has 1 unspecified atom stereocenters. The summed E-state index contributed by atoms with van der Waals surface area (Å²) in [6.07, 6.45) is 1.27. The first-order valence-corrected chi connectivity index (χ1v) is 6.22. The van der Waals surface area contributed by atoms with Crippen LogP contribution in [0, 0.1) is 6.92 Å². The lowest BCUT2D eigenvalue weighted by Crippen LogP contribution is -2.07. The summed E-state index contributed by atoms with van der Waals surface area (Å²) in [4.78, 5) is 3.94. The lowest BCUT2D eigenvalue weighted by Gasteiger charge is -2.11. The number of nitrogens with zero attached hydrogens (tertiary/aromatic N) is 3. The molecule has 0 aliphatic rings. The maximum absolute atomic E-state index is 10.1.